The number of hydrogen-bond donors (Lipinski definition) is 3. The lowest BCUT2D eigenvalue weighted by Gasteiger charge is -2.18. The van der Waals surface area contributed by atoms with Crippen LogP contribution in [0.25, 0.3) is 0 Å². The molecule has 1 aromatic rings. The number of guanidine groups is 1. The Morgan fingerprint density at radius 1 is 1.26 bits per heavy atom. The number of benzene rings is 1. The maximum Gasteiger partial charge on any atom is 0.248 e. The van der Waals surface area contributed by atoms with Crippen LogP contribution in [0.2, 0.25) is 0 Å². The lowest BCUT2D eigenvalue weighted by atomic mass is 10.0. The van der Waals surface area contributed by atoms with Crippen molar-refractivity contribution < 1.29 is 4.79 Å². The fraction of sp³-hybridized carbons (Fsp3) is 0.556. The highest BCUT2D eigenvalue weighted by molar-refractivity contribution is 5.92. The number of nitrogens with one attached hydrogen (secondary N) is 2. The van der Waals surface area contributed by atoms with E-state index in [0.717, 1.165) is 23.9 Å². The molecule has 23 heavy (non-hydrogen) atoms. The second kappa shape index (κ2) is 9.87. The van der Waals surface area contributed by atoms with Gasteiger partial charge in [-0.3, -0.25) is 9.79 Å². The molecule has 0 saturated carbocycles. The van der Waals surface area contributed by atoms with Gasteiger partial charge in [0.15, 0.2) is 5.96 Å². The zero-order chi connectivity index (χ0) is 17.2. The van der Waals surface area contributed by atoms with Crippen LogP contribution in [0.3, 0.4) is 0 Å². The number of nitrogens with two attached hydrogens (primary N) is 1. The second-order valence-electron chi connectivity index (χ2n) is 6.36. The number of nitrogens with zero attached hydrogens (tertiary/aromatic N) is 1. The molecule has 0 fully saturated rings. The van der Waals surface area contributed by atoms with Crippen LogP contribution < -0.4 is 16.4 Å². The van der Waals surface area contributed by atoms with Crippen molar-refractivity contribution >= 4 is 11.9 Å². The van der Waals surface area contributed by atoms with Crippen molar-refractivity contribution in [1.82, 2.24) is 10.6 Å². The van der Waals surface area contributed by atoms with Gasteiger partial charge in [-0.05, 0) is 37.0 Å². The Morgan fingerprint density at radius 3 is 2.61 bits per heavy atom. The van der Waals surface area contributed by atoms with Gasteiger partial charge in [-0.2, -0.15) is 0 Å². The lowest BCUT2D eigenvalue weighted by molar-refractivity contribution is 0.1000. The second-order valence-corrected chi connectivity index (χ2v) is 6.36. The minimum Gasteiger partial charge on any atom is -0.366 e. The number of hydrogen-bond acceptors (Lipinski definition) is 2. The zero-order valence-electron chi connectivity index (χ0n) is 14.7. The number of carbonyl (C=O) groups excluding carboxylic acids is 1. The van der Waals surface area contributed by atoms with Gasteiger partial charge >= 0.3 is 0 Å². The van der Waals surface area contributed by atoms with Crippen LogP contribution in [0.1, 0.15) is 56.0 Å². The smallest absolute Gasteiger partial charge is 0.248 e. The third-order valence-electron chi connectivity index (χ3n) is 3.70. The van der Waals surface area contributed by atoms with Crippen LogP contribution >= 0.6 is 0 Å². The van der Waals surface area contributed by atoms with E-state index in [1.54, 1.807) is 19.2 Å². The van der Waals surface area contributed by atoms with Crippen molar-refractivity contribution in [2.75, 3.05) is 7.05 Å². The Bertz CT molecular complexity index is 526. The predicted molar refractivity (Wildman–Crippen MR) is 96.4 cm³/mol. The summed E-state index contributed by atoms with van der Waals surface area (Å²) in [6.07, 6.45) is 3.58. The van der Waals surface area contributed by atoms with E-state index in [4.69, 9.17) is 5.73 Å². The molecular weight excluding hydrogens is 288 g/mol. The van der Waals surface area contributed by atoms with Gasteiger partial charge in [0.1, 0.15) is 0 Å². The Morgan fingerprint density at radius 2 is 2.00 bits per heavy atom. The Hall–Kier alpha value is -2.04. The van der Waals surface area contributed by atoms with E-state index in [2.05, 4.69) is 36.4 Å². The van der Waals surface area contributed by atoms with Gasteiger partial charge < -0.3 is 16.4 Å². The van der Waals surface area contributed by atoms with Crippen molar-refractivity contribution in [3.8, 4) is 0 Å². The van der Waals surface area contributed by atoms with Gasteiger partial charge in [0.25, 0.3) is 0 Å². The van der Waals surface area contributed by atoms with Crippen LogP contribution in [0.5, 0.6) is 0 Å². The first kappa shape index (κ1) is 19.0. The summed E-state index contributed by atoms with van der Waals surface area (Å²) in [5.41, 5.74) is 6.82. The van der Waals surface area contributed by atoms with Crippen molar-refractivity contribution in [3.63, 3.8) is 0 Å². The summed E-state index contributed by atoms with van der Waals surface area (Å²) >= 11 is 0. The maximum atomic E-state index is 11.2. The standard InChI is InChI=1S/C18H30N4O/c1-13(2)7-5-8-14(3)22-18(20-4)21-12-15-9-6-10-16(11-15)17(19)23/h6,9-11,13-14H,5,7-8,12H2,1-4H3,(H2,19,23)(H2,20,21,22). The summed E-state index contributed by atoms with van der Waals surface area (Å²) in [7, 11) is 1.76. The molecule has 0 bridgehead atoms. The first-order valence-electron chi connectivity index (χ1n) is 8.28. The first-order valence-corrected chi connectivity index (χ1v) is 8.28. The van der Waals surface area contributed by atoms with Gasteiger partial charge in [-0.15, -0.1) is 0 Å². The van der Waals surface area contributed by atoms with E-state index in [0.29, 0.717) is 18.2 Å². The van der Waals surface area contributed by atoms with Gasteiger partial charge in [0, 0.05) is 25.2 Å². The van der Waals surface area contributed by atoms with Crippen LogP contribution in [-0.2, 0) is 6.54 Å². The molecule has 0 radical (unpaired) electrons. The summed E-state index contributed by atoms with van der Waals surface area (Å²) in [4.78, 5) is 15.5. The number of rotatable bonds is 8. The molecular formula is C18H30N4O. The van der Waals surface area contributed by atoms with Crippen LogP contribution in [0, 0.1) is 5.92 Å². The first-order chi connectivity index (χ1) is 10.9. The molecule has 128 valence electrons. The molecule has 0 aliphatic heterocycles. The fourth-order valence-electron chi connectivity index (χ4n) is 2.35. The van der Waals surface area contributed by atoms with E-state index in [1.165, 1.54) is 12.8 Å². The van der Waals surface area contributed by atoms with Gasteiger partial charge in [-0.1, -0.05) is 38.8 Å². The Balaban J connectivity index is 2.45. The third kappa shape index (κ3) is 7.68. The highest BCUT2D eigenvalue weighted by atomic mass is 16.1. The molecule has 5 nitrogen and oxygen atoms in total. The molecule has 0 aliphatic rings. The molecule has 1 aromatic carbocycles. The number of primary amides is 1. The van der Waals surface area contributed by atoms with Crippen LogP contribution in [0.4, 0.5) is 0 Å². The van der Waals surface area contributed by atoms with Crippen molar-refractivity contribution in [3.05, 3.63) is 35.4 Å². The molecule has 0 saturated heterocycles. The summed E-state index contributed by atoms with van der Waals surface area (Å²) in [6.45, 7) is 7.26. The van der Waals surface area contributed by atoms with E-state index >= 15 is 0 Å². The van der Waals surface area contributed by atoms with Crippen LogP contribution in [-0.4, -0.2) is 25.0 Å². The van der Waals surface area contributed by atoms with Gasteiger partial charge in [0.2, 0.25) is 5.91 Å². The molecule has 4 N–H and O–H groups in total. The van der Waals surface area contributed by atoms with Gasteiger partial charge in [0.05, 0.1) is 0 Å². The molecule has 1 amide bonds. The largest absolute Gasteiger partial charge is 0.366 e. The molecule has 1 unspecified atom stereocenters. The van der Waals surface area contributed by atoms with E-state index in [9.17, 15) is 4.79 Å². The van der Waals surface area contributed by atoms with Crippen LogP contribution in [0.15, 0.2) is 29.3 Å². The van der Waals surface area contributed by atoms with Crippen molar-refractivity contribution in [1.29, 1.82) is 0 Å². The zero-order valence-corrected chi connectivity index (χ0v) is 14.7. The third-order valence-corrected chi connectivity index (χ3v) is 3.70. The SMILES string of the molecule is CN=C(NCc1cccc(C(N)=O)c1)NC(C)CCCC(C)C. The lowest BCUT2D eigenvalue weighted by Crippen LogP contribution is -2.41. The molecule has 0 aliphatic carbocycles. The summed E-state index contributed by atoms with van der Waals surface area (Å²) < 4.78 is 0. The monoisotopic (exact) mass is 318 g/mol. The molecule has 0 spiro atoms. The molecule has 0 aromatic heterocycles. The number of aliphatic imine (C=N–C) groups is 1. The fourth-order valence-corrected chi connectivity index (χ4v) is 2.35. The molecule has 5 heteroatoms. The van der Waals surface area contributed by atoms with E-state index in [1.807, 2.05) is 12.1 Å². The highest BCUT2D eigenvalue weighted by Crippen LogP contribution is 2.08. The molecule has 0 heterocycles. The molecule has 1 rings (SSSR count). The average Bonchev–Trinajstić information content (AvgIpc) is 2.51. The summed E-state index contributed by atoms with van der Waals surface area (Å²) in [5.74, 6) is 1.11. The summed E-state index contributed by atoms with van der Waals surface area (Å²) in [6, 6.07) is 7.68. The minimum atomic E-state index is -0.409. The van der Waals surface area contributed by atoms with Gasteiger partial charge in [-0.25, -0.2) is 0 Å². The van der Waals surface area contributed by atoms with Crippen molar-refractivity contribution in [2.45, 2.75) is 52.6 Å². The Kier molecular flexibility index (Phi) is 8.16. The number of amides is 1. The quantitative estimate of drug-likeness (QED) is 0.509. The maximum absolute atomic E-state index is 11.2. The summed E-state index contributed by atoms with van der Waals surface area (Å²) in [5, 5.41) is 6.66. The highest BCUT2D eigenvalue weighted by Gasteiger charge is 2.06. The molecule has 1 atom stereocenters. The minimum absolute atomic E-state index is 0.372. The number of carbonyl (C=O) groups is 1. The van der Waals surface area contributed by atoms with E-state index < -0.39 is 5.91 Å². The Labute approximate surface area is 139 Å². The topological polar surface area (TPSA) is 79.5 Å². The van der Waals surface area contributed by atoms with Crippen molar-refractivity contribution in [2.24, 2.45) is 16.6 Å². The normalized spacial score (nSPS) is 13.0. The van der Waals surface area contributed by atoms with E-state index in [-0.39, 0.29) is 0 Å². The average molecular weight is 318 g/mol. The predicted octanol–water partition coefficient (Wildman–Crippen LogP) is 2.67.